The number of guanidine groups is 1. The summed E-state index contributed by atoms with van der Waals surface area (Å²) in [4.78, 5) is 16.3. The van der Waals surface area contributed by atoms with Crippen molar-refractivity contribution in [3.05, 3.63) is 78.1 Å². The molecule has 0 fully saturated rings. The highest BCUT2D eigenvalue weighted by molar-refractivity contribution is 5.94. The third kappa shape index (κ3) is 4.29. The zero-order valence-corrected chi connectivity index (χ0v) is 16.3. The molecule has 1 unspecified atom stereocenters. The number of hydrogen-bond donors (Lipinski definition) is 3. The van der Waals surface area contributed by atoms with E-state index in [0.29, 0.717) is 25.5 Å². The van der Waals surface area contributed by atoms with Crippen molar-refractivity contribution in [3.63, 3.8) is 0 Å². The molecule has 7 heteroatoms. The molecule has 0 bridgehead atoms. The Morgan fingerprint density at radius 1 is 1.17 bits per heavy atom. The van der Waals surface area contributed by atoms with Crippen LogP contribution in [0.1, 0.15) is 23.5 Å². The van der Waals surface area contributed by atoms with Crippen molar-refractivity contribution < 1.29 is 4.79 Å². The van der Waals surface area contributed by atoms with Crippen molar-refractivity contribution in [1.29, 1.82) is 0 Å². The summed E-state index contributed by atoms with van der Waals surface area (Å²) in [5, 5.41) is 14.0. The number of aliphatic imine (C=N–C) groups is 1. The van der Waals surface area contributed by atoms with Crippen molar-refractivity contribution >= 4 is 17.6 Å². The second-order valence-corrected chi connectivity index (χ2v) is 6.92. The van der Waals surface area contributed by atoms with Gasteiger partial charge in [0.05, 0.1) is 5.69 Å². The second-order valence-electron chi connectivity index (χ2n) is 6.92. The van der Waals surface area contributed by atoms with Crippen LogP contribution < -0.4 is 16.0 Å². The molecule has 4 rings (SSSR count). The summed E-state index contributed by atoms with van der Waals surface area (Å²) < 4.78 is 1.85. The zero-order chi connectivity index (χ0) is 20.1. The van der Waals surface area contributed by atoms with E-state index < -0.39 is 0 Å². The summed E-state index contributed by atoms with van der Waals surface area (Å²) in [7, 11) is 1.75. The lowest BCUT2D eigenvalue weighted by Gasteiger charge is -2.26. The standard InChI is InChI=1S/C22H24N6O/c1-23-22(24-14-16-7-2-5-10-20(16)28-12-6-11-26-28)25-15-17-13-21(29)27-19-9-4-3-8-18(17)19/h2-12,17H,13-15H2,1H3,(H,27,29)(H2,23,24,25). The van der Waals surface area contributed by atoms with E-state index in [4.69, 9.17) is 0 Å². The summed E-state index contributed by atoms with van der Waals surface area (Å²) >= 11 is 0. The topological polar surface area (TPSA) is 83.3 Å². The Labute approximate surface area is 169 Å². The van der Waals surface area contributed by atoms with Gasteiger partial charge in [-0.05, 0) is 29.3 Å². The fraction of sp³-hybridized carbons (Fsp3) is 0.227. The summed E-state index contributed by atoms with van der Waals surface area (Å²) in [5.41, 5.74) is 4.19. The molecule has 1 aliphatic rings. The molecule has 0 radical (unpaired) electrons. The van der Waals surface area contributed by atoms with Gasteiger partial charge in [0.15, 0.2) is 5.96 Å². The quantitative estimate of drug-likeness (QED) is 0.464. The molecule has 3 N–H and O–H groups in total. The number of para-hydroxylation sites is 2. The molecule has 29 heavy (non-hydrogen) atoms. The lowest BCUT2D eigenvalue weighted by molar-refractivity contribution is -0.116. The predicted octanol–water partition coefficient (Wildman–Crippen LogP) is 2.66. The lowest BCUT2D eigenvalue weighted by Crippen LogP contribution is -2.40. The molecule has 2 heterocycles. The third-order valence-electron chi connectivity index (χ3n) is 5.04. The van der Waals surface area contributed by atoms with E-state index in [1.165, 1.54) is 0 Å². The minimum atomic E-state index is 0.0478. The average molecular weight is 388 g/mol. The maximum atomic E-state index is 12.0. The SMILES string of the molecule is CN=C(NCc1ccccc1-n1cccn1)NCC1CC(=O)Nc2ccccc21. The van der Waals surface area contributed by atoms with Crippen LogP contribution in [0.25, 0.3) is 5.69 Å². The first-order valence-electron chi connectivity index (χ1n) is 9.66. The highest BCUT2D eigenvalue weighted by Crippen LogP contribution is 2.31. The minimum Gasteiger partial charge on any atom is -0.356 e. The molecule has 0 saturated carbocycles. The summed E-state index contributed by atoms with van der Waals surface area (Å²) in [6, 6.07) is 18.0. The number of carbonyl (C=O) groups excluding carboxylic acids is 1. The van der Waals surface area contributed by atoms with Crippen LogP contribution in [0.2, 0.25) is 0 Å². The smallest absolute Gasteiger partial charge is 0.225 e. The van der Waals surface area contributed by atoms with Crippen LogP contribution >= 0.6 is 0 Å². The highest BCUT2D eigenvalue weighted by Gasteiger charge is 2.24. The van der Waals surface area contributed by atoms with Crippen molar-refractivity contribution in [2.24, 2.45) is 4.99 Å². The van der Waals surface area contributed by atoms with E-state index in [1.54, 1.807) is 13.2 Å². The molecule has 1 aliphatic heterocycles. The second kappa shape index (κ2) is 8.60. The van der Waals surface area contributed by atoms with Gasteiger partial charge < -0.3 is 16.0 Å². The van der Waals surface area contributed by atoms with Crippen molar-refractivity contribution in [2.45, 2.75) is 18.9 Å². The monoisotopic (exact) mass is 388 g/mol. The molecule has 1 atom stereocenters. The summed E-state index contributed by atoms with van der Waals surface area (Å²) in [6.07, 6.45) is 4.16. The number of anilines is 1. The summed E-state index contributed by atoms with van der Waals surface area (Å²) in [5.74, 6) is 0.852. The van der Waals surface area contributed by atoms with Gasteiger partial charge in [-0.3, -0.25) is 9.79 Å². The van der Waals surface area contributed by atoms with Crippen LogP contribution in [0, 0.1) is 0 Å². The minimum absolute atomic E-state index is 0.0478. The van der Waals surface area contributed by atoms with Crippen molar-refractivity contribution in [2.75, 3.05) is 18.9 Å². The van der Waals surface area contributed by atoms with Crippen LogP contribution in [0.5, 0.6) is 0 Å². The maximum absolute atomic E-state index is 12.0. The molecular formula is C22H24N6O. The van der Waals surface area contributed by atoms with Crippen LogP contribution in [-0.4, -0.2) is 35.2 Å². The highest BCUT2D eigenvalue weighted by atomic mass is 16.1. The van der Waals surface area contributed by atoms with Crippen LogP contribution in [0.15, 0.2) is 72.0 Å². The maximum Gasteiger partial charge on any atom is 0.225 e. The van der Waals surface area contributed by atoms with Gasteiger partial charge in [-0.15, -0.1) is 0 Å². The van der Waals surface area contributed by atoms with Gasteiger partial charge in [0.2, 0.25) is 5.91 Å². The molecule has 148 valence electrons. The molecule has 1 amide bonds. The lowest BCUT2D eigenvalue weighted by atomic mass is 9.90. The zero-order valence-electron chi connectivity index (χ0n) is 16.3. The van der Waals surface area contributed by atoms with Gasteiger partial charge in [0, 0.05) is 50.6 Å². The van der Waals surface area contributed by atoms with Gasteiger partial charge in [-0.25, -0.2) is 4.68 Å². The Morgan fingerprint density at radius 3 is 2.83 bits per heavy atom. The molecule has 3 aromatic rings. The predicted molar refractivity (Wildman–Crippen MR) is 114 cm³/mol. The first-order chi connectivity index (χ1) is 14.2. The number of nitrogens with one attached hydrogen (secondary N) is 3. The molecule has 7 nitrogen and oxygen atoms in total. The van der Waals surface area contributed by atoms with Gasteiger partial charge in [-0.1, -0.05) is 36.4 Å². The average Bonchev–Trinajstić information content (AvgIpc) is 3.28. The molecule has 0 spiro atoms. The van der Waals surface area contributed by atoms with Crippen LogP contribution in [-0.2, 0) is 11.3 Å². The van der Waals surface area contributed by atoms with Crippen LogP contribution in [0.4, 0.5) is 5.69 Å². The van der Waals surface area contributed by atoms with E-state index >= 15 is 0 Å². The fourth-order valence-electron chi connectivity index (χ4n) is 3.60. The fourth-order valence-corrected chi connectivity index (χ4v) is 3.60. The Morgan fingerprint density at radius 2 is 2.00 bits per heavy atom. The number of rotatable bonds is 5. The van der Waals surface area contributed by atoms with E-state index in [-0.39, 0.29) is 11.8 Å². The van der Waals surface area contributed by atoms with Gasteiger partial charge in [-0.2, -0.15) is 5.10 Å². The van der Waals surface area contributed by atoms with Gasteiger partial charge in [0.1, 0.15) is 0 Å². The molecule has 0 saturated heterocycles. The summed E-state index contributed by atoms with van der Waals surface area (Å²) in [6.45, 7) is 1.24. The Kier molecular flexibility index (Phi) is 5.56. The third-order valence-corrected chi connectivity index (χ3v) is 5.04. The Hall–Kier alpha value is -3.61. The largest absolute Gasteiger partial charge is 0.356 e. The van der Waals surface area contributed by atoms with E-state index in [1.807, 2.05) is 53.3 Å². The molecule has 2 aromatic carbocycles. The number of aromatic nitrogens is 2. The normalized spacial score (nSPS) is 16.1. The number of hydrogen-bond acceptors (Lipinski definition) is 3. The number of benzene rings is 2. The number of carbonyl (C=O) groups is 1. The molecular weight excluding hydrogens is 364 g/mol. The molecule has 1 aromatic heterocycles. The van der Waals surface area contributed by atoms with E-state index in [0.717, 1.165) is 22.5 Å². The van der Waals surface area contributed by atoms with E-state index in [2.05, 4.69) is 38.2 Å². The Balaban J connectivity index is 1.40. The van der Waals surface area contributed by atoms with Gasteiger partial charge in [0.25, 0.3) is 0 Å². The number of fused-ring (bicyclic) bond motifs is 1. The number of amides is 1. The first-order valence-corrected chi connectivity index (χ1v) is 9.66. The van der Waals surface area contributed by atoms with Crippen molar-refractivity contribution in [1.82, 2.24) is 20.4 Å². The van der Waals surface area contributed by atoms with E-state index in [9.17, 15) is 4.79 Å². The molecule has 0 aliphatic carbocycles. The van der Waals surface area contributed by atoms with Gasteiger partial charge >= 0.3 is 0 Å². The van der Waals surface area contributed by atoms with Crippen LogP contribution in [0.3, 0.4) is 0 Å². The number of nitrogens with zero attached hydrogens (tertiary/aromatic N) is 3. The van der Waals surface area contributed by atoms with Crippen molar-refractivity contribution in [3.8, 4) is 5.69 Å². The first kappa shape index (κ1) is 18.7. The Bertz CT molecular complexity index is 1010.